The van der Waals surface area contributed by atoms with Gasteiger partial charge in [-0.2, -0.15) is 0 Å². The second-order valence-corrected chi connectivity index (χ2v) is 3.67. The van der Waals surface area contributed by atoms with E-state index in [4.69, 9.17) is 4.74 Å². The van der Waals surface area contributed by atoms with Crippen molar-refractivity contribution in [2.24, 2.45) is 0 Å². The van der Waals surface area contributed by atoms with E-state index in [-0.39, 0.29) is 0 Å². The third-order valence-electron chi connectivity index (χ3n) is 2.32. The van der Waals surface area contributed by atoms with Gasteiger partial charge in [-0.05, 0) is 31.1 Å². The molecule has 1 aromatic carbocycles. The second-order valence-electron chi connectivity index (χ2n) is 3.67. The molecule has 0 fully saturated rings. The van der Waals surface area contributed by atoms with Crippen LogP contribution < -0.4 is 4.74 Å². The van der Waals surface area contributed by atoms with Crippen LogP contribution in [-0.2, 0) is 6.42 Å². The van der Waals surface area contributed by atoms with E-state index in [9.17, 15) is 0 Å². The molecule has 0 unspecified atom stereocenters. The number of allylic oxidation sites excluding steroid dienone is 4. The van der Waals surface area contributed by atoms with Gasteiger partial charge in [-0.3, -0.25) is 0 Å². The van der Waals surface area contributed by atoms with Gasteiger partial charge in [0.15, 0.2) is 0 Å². The first kappa shape index (κ1) is 9.78. The predicted molar refractivity (Wildman–Crippen MR) is 62.9 cm³/mol. The van der Waals surface area contributed by atoms with E-state index in [1.165, 1.54) is 11.1 Å². The molecule has 1 aliphatic heterocycles. The van der Waals surface area contributed by atoms with Gasteiger partial charge >= 0.3 is 0 Å². The zero-order valence-corrected chi connectivity index (χ0v) is 8.86. The number of hydrogen-bond acceptors (Lipinski definition) is 1. The Balaban J connectivity index is 2.42. The third-order valence-corrected chi connectivity index (χ3v) is 2.32. The van der Waals surface area contributed by atoms with E-state index in [0.29, 0.717) is 5.76 Å². The average Bonchev–Trinajstić information content (AvgIpc) is 2.28. The van der Waals surface area contributed by atoms with Crippen LogP contribution in [0, 0.1) is 6.92 Å². The summed E-state index contributed by atoms with van der Waals surface area (Å²) in [6, 6.07) is 6.21. The fraction of sp³-hybridized carbons (Fsp3) is 0.143. The summed E-state index contributed by atoms with van der Waals surface area (Å²) in [5, 5.41) is 0. The van der Waals surface area contributed by atoms with Crippen LogP contribution in [0.4, 0.5) is 0 Å². The monoisotopic (exact) mass is 198 g/mol. The summed E-state index contributed by atoms with van der Waals surface area (Å²) in [5.41, 5.74) is 2.46. The molecule has 0 aliphatic carbocycles. The summed E-state index contributed by atoms with van der Waals surface area (Å²) < 4.78 is 5.65. The highest BCUT2D eigenvalue weighted by molar-refractivity contribution is 5.40. The summed E-state index contributed by atoms with van der Waals surface area (Å²) in [7, 11) is 0. The maximum absolute atomic E-state index is 5.65. The van der Waals surface area contributed by atoms with Crippen molar-refractivity contribution in [1.29, 1.82) is 0 Å². The van der Waals surface area contributed by atoms with Crippen molar-refractivity contribution in [3.05, 3.63) is 66.0 Å². The first-order valence-corrected chi connectivity index (χ1v) is 5.05. The summed E-state index contributed by atoms with van der Waals surface area (Å²) in [4.78, 5) is 0. The first-order valence-electron chi connectivity index (χ1n) is 5.05. The van der Waals surface area contributed by atoms with Crippen molar-refractivity contribution >= 4 is 0 Å². The topological polar surface area (TPSA) is 9.23 Å². The van der Waals surface area contributed by atoms with Crippen molar-refractivity contribution in [1.82, 2.24) is 0 Å². The Labute approximate surface area is 90.4 Å². The number of rotatable bonds is 0. The van der Waals surface area contributed by atoms with Crippen molar-refractivity contribution in [3.63, 3.8) is 0 Å². The van der Waals surface area contributed by atoms with E-state index in [2.05, 4.69) is 31.7 Å². The van der Waals surface area contributed by atoms with Crippen LogP contribution in [-0.4, -0.2) is 0 Å². The number of benzene rings is 1. The van der Waals surface area contributed by atoms with Gasteiger partial charge in [-0.25, -0.2) is 0 Å². The average molecular weight is 198 g/mol. The normalized spacial score (nSPS) is 19.1. The molecule has 0 saturated carbocycles. The maximum Gasteiger partial charge on any atom is 0.130 e. The summed E-state index contributed by atoms with van der Waals surface area (Å²) >= 11 is 0. The predicted octanol–water partition coefficient (Wildman–Crippen LogP) is 3.56. The first-order chi connectivity index (χ1) is 7.25. The van der Waals surface area contributed by atoms with Gasteiger partial charge in [0, 0.05) is 0 Å². The molecule has 0 saturated heterocycles. The van der Waals surface area contributed by atoms with Crippen molar-refractivity contribution in [3.8, 4) is 5.75 Å². The van der Waals surface area contributed by atoms with Gasteiger partial charge in [0.25, 0.3) is 0 Å². The van der Waals surface area contributed by atoms with Crippen LogP contribution in [0.3, 0.4) is 0 Å². The van der Waals surface area contributed by atoms with Crippen LogP contribution in [0.5, 0.6) is 5.75 Å². The van der Waals surface area contributed by atoms with Gasteiger partial charge in [-0.15, -0.1) is 0 Å². The molecule has 2 rings (SSSR count). The SMILES string of the molecule is C=C1/C=C\C=C/Cc2cc(C)ccc2O1. The summed E-state index contributed by atoms with van der Waals surface area (Å²) in [6.45, 7) is 5.92. The molecule has 76 valence electrons. The molecule has 0 radical (unpaired) electrons. The van der Waals surface area contributed by atoms with Crippen LogP contribution in [0.15, 0.2) is 54.8 Å². The third kappa shape index (κ3) is 2.38. The highest BCUT2D eigenvalue weighted by Crippen LogP contribution is 2.23. The lowest BCUT2D eigenvalue weighted by atomic mass is 10.1. The van der Waals surface area contributed by atoms with Crippen LogP contribution in [0.1, 0.15) is 11.1 Å². The zero-order chi connectivity index (χ0) is 10.7. The molecule has 0 atom stereocenters. The van der Waals surface area contributed by atoms with Crippen LogP contribution in [0.25, 0.3) is 0 Å². The summed E-state index contributed by atoms with van der Waals surface area (Å²) in [5.74, 6) is 1.58. The molecular formula is C14H14O. The smallest absolute Gasteiger partial charge is 0.130 e. The van der Waals surface area contributed by atoms with Gasteiger partial charge in [0.05, 0.1) is 0 Å². The van der Waals surface area contributed by atoms with Crippen molar-refractivity contribution in [2.75, 3.05) is 0 Å². The quantitative estimate of drug-likeness (QED) is 0.619. The minimum absolute atomic E-state index is 0.673. The Kier molecular flexibility index (Phi) is 2.72. The van der Waals surface area contributed by atoms with Crippen molar-refractivity contribution in [2.45, 2.75) is 13.3 Å². The second kappa shape index (κ2) is 4.18. The largest absolute Gasteiger partial charge is 0.458 e. The molecule has 1 heteroatoms. The van der Waals surface area contributed by atoms with E-state index < -0.39 is 0 Å². The molecule has 1 nitrogen and oxygen atoms in total. The number of fused-ring (bicyclic) bond motifs is 1. The van der Waals surface area contributed by atoms with Crippen molar-refractivity contribution < 1.29 is 4.74 Å². The maximum atomic E-state index is 5.65. The molecule has 0 N–H and O–H groups in total. The lowest BCUT2D eigenvalue weighted by molar-refractivity contribution is 0.442. The minimum atomic E-state index is 0.673. The molecule has 1 aliphatic rings. The molecule has 0 spiro atoms. The molecular weight excluding hydrogens is 184 g/mol. The minimum Gasteiger partial charge on any atom is -0.458 e. The Bertz CT molecular complexity index is 439. The molecule has 0 aromatic heterocycles. The van der Waals surface area contributed by atoms with E-state index in [1.807, 2.05) is 24.3 Å². The zero-order valence-electron chi connectivity index (χ0n) is 8.86. The van der Waals surface area contributed by atoms with Crippen LogP contribution >= 0.6 is 0 Å². The van der Waals surface area contributed by atoms with Gasteiger partial charge in [0.1, 0.15) is 11.5 Å². The Morgan fingerprint density at radius 3 is 3.00 bits per heavy atom. The Morgan fingerprint density at radius 1 is 1.27 bits per heavy atom. The molecule has 0 bridgehead atoms. The number of aryl methyl sites for hydroxylation is 1. The molecule has 1 heterocycles. The standard InChI is InChI=1S/C14H14O/c1-11-8-9-14-13(10-11)7-5-3-4-6-12(2)15-14/h3-6,8-10H,2,7H2,1H3/b5-3-,6-4-. The van der Waals surface area contributed by atoms with Crippen LogP contribution in [0.2, 0.25) is 0 Å². The van der Waals surface area contributed by atoms with E-state index in [1.54, 1.807) is 0 Å². The molecule has 1 aromatic rings. The number of ether oxygens (including phenoxy) is 1. The Morgan fingerprint density at radius 2 is 2.13 bits per heavy atom. The Hall–Kier alpha value is -1.76. The fourth-order valence-electron chi connectivity index (χ4n) is 1.58. The lowest BCUT2D eigenvalue weighted by Crippen LogP contribution is -1.94. The van der Waals surface area contributed by atoms with Gasteiger partial charge in [-0.1, -0.05) is 42.5 Å². The highest BCUT2D eigenvalue weighted by Gasteiger charge is 2.04. The van der Waals surface area contributed by atoms with Gasteiger partial charge in [0.2, 0.25) is 0 Å². The summed E-state index contributed by atoms with van der Waals surface area (Å²) in [6.07, 6.45) is 8.85. The fourth-order valence-corrected chi connectivity index (χ4v) is 1.58. The molecule has 0 amide bonds. The van der Waals surface area contributed by atoms with Gasteiger partial charge < -0.3 is 4.74 Å². The van der Waals surface area contributed by atoms with E-state index in [0.717, 1.165) is 12.2 Å². The highest BCUT2D eigenvalue weighted by atomic mass is 16.5. The van der Waals surface area contributed by atoms with E-state index >= 15 is 0 Å². The number of hydrogen-bond donors (Lipinski definition) is 0. The lowest BCUT2D eigenvalue weighted by Gasteiger charge is -2.10. The molecule has 15 heavy (non-hydrogen) atoms.